The Morgan fingerprint density at radius 1 is 1.32 bits per heavy atom. The van der Waals surface area contributed by atoms with E-state index in [1.807, 2.05) is 30.3 Å². The van der Waals surface area contributed by atoms with Crippen LogP contribution in [-0.2, 0) is 16.0 Å². The molecular weight excluding hydrogens is 302 g/mol. The fourth-order valence-electron chi connectivity index (χ4n) is 2.53. The highest BCUT2D eigenvalue weighted by atomic mass is 35.5. The molecule has 1 aliphatic heterocycles. The number of nitrogens with one attached hydrogen (secondary N) is 1. The maximum atomic E-state index is 12.1. The highest BCUT2D eigenvalue weighted by molar-refractivity contribution is 5.86. The number of hydrogen-bond donors (Lipinski definition) is 2. The number of carbonyl (C=O) groups is 2. The maximum absolute atomic E-state index is 12.1. The molecule has 3 N–H and O–H groups in total. The molecule has 0 bridgehead atoms. The minimum Gasteiger partial charge on any atom is -0.347 e. The molecule has 1 aromatic rings. The van der Waals surface area contributed by atoms with Crippen LogP contribution in [0.5, 0.6) is 0 Å². The van der Waals surface area contributed by atoms with Crippen molar-refractivity contribution < 1.29 is 9.59 Å². The van der Waals surface area contributed by atoms with Gasteiger partial charge in [0.2, 0.25) is 11.8 Å². The predicted octanol–water partition coefficient (Wildman–Crippen LogP) is 0.964. The minimum absolute atomic E-state index is 0. The molecule has 5 nitrogen and oxygen atoms in total. The SMILES string of the molecule is CC1(CN)CCN(C(=O)CNC(=O)Cc2ccccc2)C1.Cl. The second-order valence-corrected chi connectivity index (χ2v) is 6.02. The van der Waals surface area contributed by atoms with Gasteiger partial charge in [-0.3, -0.25) is 9.59 Å². The maximum Gasteiger partial charge on any atom is 0.241 e. The van der Waals surface area contributed by atoms with Gasteiger partial charge in [-0.2, -0.15) is 0 Å². The third-order valence-corrected chi connectivity index (χ3v) is 4.05. The number of nitrogens with zero attached hydrogens (tertiary/aromatic N) is 1. The summed E-state index contributed by atoms with van der Waals surface area (Å²) in [6, 6.07) is 9.49. The first-order valence-electron chi connectivity index (χ1n) is 7.31. The van der Waals surface area contributed by atoms with Crippen molar-refractivity contribution in [2.45, 2.75) is 19.8 Å². The lowest BCUT2D eigenvalue weighted by Crippen LogP contribution is -2.41. The Morgan fingerprint density at radius 2 is 2.00 bits per heavy atom. The van der Waals surface area contributed by atoms with E-state index in [-0.39, 0.29) is 36.2 Å². The predicted molar refractivity (Wildman–Crippen MR) is 88.8 cm³/mol. The van der Waals surface area contributed by atoms with E-state index in [2.05, 4.69) is 12.2 Å². The van der Waals surface area contributed by atoms with Crippen LogP contribution in [0.15, 0.2) is 30.3 Å². The van der Waals surface area contributed by atoms with Crippen LogP contribution in [0.4, 0.5) is 0 Å². The van der Waals surface area contributed by atoms with Gasteiger partial charge in [0.15, 0.2) is 0 Å². The molecule has 1 atom stereocenters. The molecule has 0 aromatic heterocycles. The third kappa shape index (κ3) is 5.00. The summed E-state index contributed by atoms with van der Waals surface area (Å²) in [4.78, 5) is 25.7. The highest BCUT2D eigenvalue weighted by Crippen LogP contribution is 2.28. The normalized spacial score (nSPS) is 20.4. The topological polar surface area (TPSA) is 75.4 Å². The average molecular weight is 326 g/mol. The molecule has 6 heteroatoms. The first kappa shape index (κ1) is 18.5. The van der Waals surface area contributed by atoms with E-state index < -0.39 is 0 Å². The van der Waals surface area contributed by atoms with Gasteiger partial charge < -0.3 is 16.0 Å². The molecule has 0 aliphatic carbocycles. The summed E-state index contributed by atoms with van der Waals surface area (Å²) < 4.78 is 0. The molecule has 1 aliphatic rings. The molecule has 122 valence electrons. The van der Waals surface area contributed by atoms with Crippen molar-refractivity contribution in [1.82, 2.24) is 10.2 Å². The van der Waals surface area contributed by atoms with E-state index in [1.165, 1.54) is 0 Å². The van der Waals surface area contributed by atoms with Crippen molar-refractivity contribution >= 4 is 24.2 Å². The zero-order chi connectivity index (χ0) is 15.3. The smallest absolute Gasteiger partial charge is 0.241 e. The number of amides is 2. The van der Waals surface area contributed by atoms with Crippen molar-refractivity contribution in [3.05, 3.63) is 35.9 Å². The van der Waals surface area contributed by atoms with Crippen molar-refractivity contribution in [2.75, 3.05) is 26.2 Å². The van der Waals surface area contributed by atoms with Crippen LogP contribution in [0.2, 0.25) is 0 Å². The summed E-state index contributed by atoms with van der Waals surface area (Å²) in [6.45, 7) is 4.13. The molecule has 1 aromatic carbocycles. The van der Waals surface area contributed by atoms with Gasteiger partial charge in [-0.1, -0.05) is 37.3 Å². The van der Waals surface area contributed by atoms with Crippen molar-refractivity contribution in [3.8, 4) is 0 Å². The van der Waals surface area contributed by atoms with Gasteiger partial charge in [-0.15, -0.1) is 12.4 Å². The summed E-state index contributed by atoms with van der Waals surface area (Å²) in [7, 11) is 0. The third-order valence-electron chi connectivity index (χ3n) is 4.05. The highest BCUT2D eigenvalue weighted by Gasteiger charge is 2.34. The number of halogens is 1. The molecule has 1 heterocycles. The Balaban J connectivity index is 0.00000242. The van der Waals surface area contributed by atoms with E-state index in [0.717, 1.165) is 18.5 Å². The van der Waals surface area contributed by atoms with Gasteiger partial charge in [0.05, 0.1) is 13.0 Å². The number of rotatable bonds is 5. The molecule has 2 amide bonds. The van der Waals surface area contributed by atoms with E-state index in [1.54, 1.807) is 4.90 Å². The van der Waals surface area contributed by atoms with Gasteiger partial charge in [0.1, 0.15) is 0 Å². The lowest BCUT2D eigenvalue weighted by molar-refractivity contribution is -0.132. The Bertz CT molecular complexity index is 509. The Hall–Kier alpha value is -1.59. The van der Waals surface area contributed by atoms with Crippen LogP contribution in [-0.4, -0.2) is 42.9 Å². The number of hydrogen-bond acceptors (Lipinski definition) is 3. The van der Waals surface area contributed by atoms with Gasteiger partial charge in [0, 0.05) is 13.1 Å². The summed E-state index contributed by atoms with van der Waals surface area (Å²) >= 11 is 0. The fourth-order valence-corrected chi connectivity index (χ4v) is 2.53. The van der Waals surface area contributed by atoms with Gasteiger partial charge in [-0.25, -0.2) is 0 Å². The van der Waals surface area contributed by atoms with Gasteiger partial charge >= 0.3 is 0 Å². The monoisotopic (exact) mass is 325 g/mol. The summed E-state index contributed by atoms with van der Waals surface area (Å²) in [5.74, 6) is -0.163. The Kier molecular flexibility index (Phi) is 6.84. The van der Waals surface area contributed by atoms with Crippen LogP contribution in [0.25, 0.3) is 0 Å². The Morgan fingerprint density at radius 3 is 2.59 bits per heavy atom. The Labute approximate surface area is 137 Å². The van der Waals surface area contributed by atoms with Gasteiger partial charge in [0.25, 0.3) is 0 Å². The number of benzene rings is 1. The van der Waals surface area contributed by atoms with E-state index >= 15 is 0 Å². The molecular formula is C16H24ClN3O2. The van der Waals surface area contributed by atoms with E-state index in [0.29, 0.717) is 19.5 Å². The first-order valence-corrected chi connectivity index (χ1v) is 7.31. The van der Waals surface area contributed by atoms with E-state index in [9.17, 15) is 9.59 Å². The first-order chi connectivity index (χ1) is 10.0. The minimum atomic E-state index is -0.129. The summed E-state index contributed by atoms with van der Waals surface area (Å²) in [5, 5.41) is 2.69. The van der Waals surface area contributed by atoms with Crippen LogP contribution in [0, 0.1) is 5.41 Å². The summed E-state index contributed by atoms with van der Waals surface area (Å²) in [5.41, 5.74) is 6.69. The molecule has 0 radical (unpaired) electrons. The van der Waals surface area contributed by atoms with Crippen molar-refractivity contribution in [3.63, 3.8) is 0 Å². The average Bonchev–Trinajstić information content (AvgIpc) is 2.89. The fraction of sp³-hybridized carbons (Fsp3) is 0.500. The molecule has 22 heavy (non-hydrogen) atoms. The van der Waals surface area contributed by atoms with E-state index in [4.69, 9.17) is 5.73 Å². The lowest BCUT2D eigenvalue weighted by Gasteiger charge is -2.22. The molecule has 0 saturated carbocycles. The van der Waals surface area contributed by atoms with Crippen molar-refractivity contribution in [1.29, 1.82) is 0 Å². The van der Waals surface area contributed by atoms with Crippen LogP contribution in [0.3, 0.4) is 0 Å². The molecule has 1 fully saturated rings. The molecule has 1 unspecified atom stereocenters. The second-order valence-electron chi connectivity index (χ2n) is 6.02. The van der Waals surface area contributed by atoms with Crippen LogP contribution in [0.1, 0.15) is 18.9 Å². The zero-order valence-corrected chi connectivity index (χ0v) is 13.7. The van der Waals surface area contributed by atoms with Crippen LogP contribution >= 0.6 is 12.4 Å². The number of carbonyl (C=O) groups excluding carboxylic acids is 2. The van der Waals surface area contributed by atoms with Crippen LogP contribution < -0.4 is 11.1 Å². The lowest BCUT2D eigenvalue weighted by atomic mass is 9.90. The number of nitrogens with two attached hydrogens (primary N) is 1. The van der Waals surface area contributed by atoms with Gasteiger partial charge in [-0.05, 0) is 23.9 Å². The zero-order valence-electron chi connectivity index (χ0n) is 12.9. The standard InChI is InChI=1S/C16H23N3O2.ClH/c1-16(11-17)7-8-19(12-16)15(21)10-18-14(20)9-13-5-3-2-4-6-13;/h2-6H,7-12,17H2,1H3,(H,18,20);1H. The molecule has 2 rings (SSSR count). The summed E-state index contributed by atoms with van der Waals surface area (Å²) in [6.07, 6.45) is 1.22. The molecule has 0 spiro atoms. The number of likely N-dealkylation sites (tertiary alicyclic amines) is 1. The molecule has 1 saturated heterocycles. The second kappa shape index (κ2) is 8.15. The largest absolute Gasteiger partial charge is 0.347 e. The quantitative estimate of drug-likeness (QED) is 0.847. The van der Waals surface area contributed by atoms with Crippen molar-refractivity contribution in [2.24, 2.45) is 11.1 Å².